The van der Waals surface area contributed by atoms with E-state index in [4.69, 9.17) is 9.47 Å². The number of hydrogen-bond donors (Lipinski definition) is 1. The Morgan fingerprint density at radius 2 is 2.05 bits per heavy atom. The van der Waals surface area contributed by atoms with Crippen molar-refractivity contribution in [3.05, 3.63) is 23.8 Å². The lowest BCUT2D eigenvalue weighted by molar-refractivity contribution is 0.141. The molecule has 3 rings (SSSR count). The molecular weight excluding hydrogens is 252 g/mol. The highest BCUT2D eigenvalue weighted by atomic mass is 16.5. The van der Waals surface area contributed by atoms with E-state index in [-0.39, 0.29) is 0 Å². The number of likely N-dealkylation sites (tertiary alicyclic amines) is 1. The Bertz CT molecular complexity index is 464. The topological polar surface area (TPSA) is 33.7 Å². The van der Waals surface area contributed by atoms with Gasteiger partial charge in [0, 0.05) is 18.7 Å². The average molecular weight is 276 g/mol. The summed E-state index contributed by atoms with van der Waals surface area (Å²) in [4.78, 5) is 2.55. The summed E-state index contributed by atoms with van der Waals surface area (Å²) in [6.07, 6.45) is 1.31. The molecule has 110 valence electrons. The summed E-state index contributed by atoms with van der Waals surface area (Å²) in [5.41, 5.74) is 1.22. The lowest BCUT2D eigenvalue weighted by atomic mass is 9.88. The molecule has 2 aliphatic rings. The minimum absolute atomic E-state index is 0.820. The number of rotatable bonds is 4. The van der Waals surface area contributed by atoms with E-state index in [1.54, 1.807) is 14.2 Å². The summed E-state index contributed by atoms with van der Waals surface area (Å²) in [6, 6.07) is 6.05. The molecule has 2 fully saturated rings. The van der Waals surface area contributed by atoms with E-state index in [0.717, 1.165) is 29.9 Å². The van der Waals surface area contributed by atoms with Gasteiger partial charge in [-0.3, -0.25) is 4.90 Å². The molecule has 4 nitrogen and oxygen atoms in total. The molecule has 1 aromatic rings. The molecule has 20 heavy (non-hydrogen) atoms. The summed E-state index contributed by atoms with van der Waals surface area (Å²) < 4.78 is 10.8. The highest BCUT2D eigenvalue weighted by Crippen LogP contribution is 2.30. The summed E-state index contributed by atoms with van der Waals surface area (Å²) in [6.45, 7) is 5.71. The van der Waals surface area contributed by atoms with Crippen molar-refractivity contribution < 1.29 is 9.47 Å². The number of nitrogens with zero attached hydrogens (tertiary/aromatic N) is 1. The van der Waals surface area contributed by atoms with Crippen LogP contribution in [0.15, 0.2) is 18.2 Å². The third kappa shape index (κ3) is 2.76. The fourth-order valence-electron chi connectivity index (χ4n) is 3.50. The van der Waals surface area contributed by atoms with Crippen LogP contribution in [0.1, 0.15) is 12.0 Å². The van der Waals surface area contributed by atoms with Gasteiger partial charge in [0.05, 0.1) is 14.2 Å². The number of ether oxygens (including phenoxy) is 2. The van der Waals surface area contributed by atoms with Crippen LogP contribution in [-0.4, -0.2) is 45.3 Å². The predicted octanol–water partition coefficient (Wildman–Crippen LogP) is 1.75. The maximum absolute atomic E-state index is 5.48. The van der Waals surface area contributed by atoms with Crippen molar-refractivity contribution in [3.63, 3.8) is 0 Å². The highest BCUT2D eigenvalue weighted by molar-refractivity contribution is 5.40. The van der Waals surface area contributed by atoms with E-state index in [1.165, 1.54) is 38.2 Å². The Balaban J connectivity index is 1.70. The molecule has 0 aromatic heterocycles. The third-order valence-electron chi connectivity index (χ3n) is 4.67. The van der Waals surface area contributed by atoms with Crippen molar-refractivity contribution in [1.82, 2.24) is 10.2 Å². The van der Waals surface area contributed by atoms with E-state index in [1.807, 2.05) is 12.1 Å². The number of methoxy groups -OCH3 is 2. The van der Waals surface area contributed by atoms with E-state index < -0.39 is 0 Å². The van der Waals surface area contributed by atoms with Crippen molar-refractivity contribution >= 4 is 0 Å². The molecule has 0 amide bonds. The van der Waals surface area contributed by atoms with Gasteiger partial charge in [0.2, 0.25) is 0 Å². The Morgan fingerprint density at radius 3 is 2.85 bits per heavy atom. The van der Waals surface area contributed by atoms with Crippen molar-refractivity contribution in [2.45, 2.75) is 13.0 Å². The normalized spacial score (nSPS) is 26.3. The Labute approximate surface area is 121 Å². The van der Waals surface area contributed by atoms with Crippen LogP contribution in [0.5, 0.6) is 11.5 Å². The second kappa shape index (κ2) is 6.02. The van der Waals surface area contributed by atoms with Gasteiger partial charge < -0.3 is 14.8 Å². The minimum atomic E-state index is 0.820. The molecule has 0 bridgehead atoms. The van der Waals surface area contributed by atoms with Gasteiger partial charge in [-0.1, -0.05) is 0 Å². The standard InChI is InChI=1S/C16H24N2O2/c1-19-15-3-4-16(20-2)13(7-15)10-18-6-5-12-8-17-9-14(12)11-18/h3-4,7,12,14,17H,5-6,8-11H2,1-2H3. The zero-order chi connectivity index (χ0) is 13.9. The van der Waals surface area contributed by atoms with Crippen LogP contribution in [0.2, 0.25) is 0 Å². The van der Waals surface area contributed by atoms with Crippen molar-refractivity contribution in [3.8, 4) is 11.5 Å². The molecule has 2 aliphatic heterocycles. The molecule has 0 spiro atoms. The third-order valence-corrected chi connectivity index (χ3v) is 4.67. The Morgan fingerprint density at radius 1 is 1.20 bits per heavy atom. The highest BCUT2D eigenvalue weighted by Gasteiger charge is 2.32. The van der Waals surface area contributed by atoms with Crippen LogP contribution in [0.3, 0.4) is 0 Å². The van der Waals surface area contributed by atoms with E-state index in [0.29, 0.717) is 0 Å². The second-order valence-corrected chi connectivity index (χ2v) is 5.88. The van der Waals surface area contributed by atoms with Gasteiger partial charge in [0.25, 0.3) is 0 Å². The first-order valence-electron chi connectivity index (χ1n) is 7.44. The quantitative estimate of drug-likeness (QED) is 0.908. The van der Waals surface area contributed by atoms with Crippen molar-refractivity contribution in [2.24, 2.45) is 11.8 Å². The van der Waals surface area contributed by atoms with Gasteiger partial charge in [-0.15, -0.1) is 0 Å². The van der Waals surface area contributed by atoms with Crippen LogP contribution in [-0.2, 0) is 6.54 Å². The molecule has 0 aliphatic carbocycles. The molecule has 4 heteroatoms. The van der Waals surface area contributed by atoms with Crippen LogP contribution in [0.25, 0.3) is 0 Å². The molecular formula is C16H24N2O2. The monoisotopic (exact) mass is 276 g/mol. The predicted molar refractivity (Wildman–Crippen MR) is 79.3 cm³/mol. The van der Waals surface area contributed by atoms with Gasteiger partial charge in [-0.25, -0.2) is 0 Å². The first-order valence-corrected chi connectivity index (χ1v) is 7.44. The molecule has 1 aromatic carbocycles. The maximum Gasteiger partial charge on any atom is 0.123 e. The van der Waals surface area contributed by atoms with Gasteiger partial charge >= 0.3 is 0 Å². The molecule has 2 saturated heterocycles. The molecule has 2 atom stereocenters. The fourth-order valence-corrected chi connectivity index (χ4v) is 3.50. The van der Waals surface area contributed by atoms with E-state index in [2.05, 4.69) is 16.3 Å². The molecule has 1 N–H and O–H groups in total. The van der Waals surface area contributed by atoms with Crippen LogP contribution in [0.4, 0.5) is 0 Å². The molecule has 0 radical (unpaired) electrons. The number of hydrogen-bond acceptors (Lipinski definition) is 4. The van der Waals surface area contributed by atoms with Gasteiger partial charge in [0.1, 0.15) is 11.5 Å². The number of benzene rings is 1. The van der Waals surface area contributed by atoms with Crippen LogP contribution in [0, 0.1) is 11.8 Å². The fraction of sp³-hybridized carbons (Fsp3) is 0.625. The average Bonchev–Trinajstić information content (AvgIpc) is 2.94. The SMILES string of the molecule is COc1ccc(OC)c(CN2CCC3CNCC3C2)c1. The molecule has 0 saturated carbocycles. The zero-order valence-electron chi connectivity index (χ0n) is 12.4. The first-order chi connectivity index (χ1) is 9.80. The first kappa shape index (κ1) is 13.7. The molecule has 2 unspecified atom stereocenters. The second-order valence-electron chi connectivity index (χ2n) is 5.88. The van der Waals surface area contributed by atoms with Gasteiger partial charge in [-0.05, 0) is 56.1 Å². The summed E-state index contributed by atoms with van der Waals surface area (Å²) in [5.74, 6) is 3.56. The lowest BCUT2D eigenvalue weighted by Crippen LogP contribution is -2.39. The van der Waals surface area contributed by atoms with E-state index >= 15 is 0 Å². The van der Waals surface area contributed by atoms with Crippen LogP contribution < -0.4 is 14.8 Å². The Hall–Kier alpha value is -1.26. The smallest absolute Gasteiger partial charge is 0.123 e. The number of nitrogens with one attached hydrogen (secondary N) is 1. The number of piperidine rings is 1. The minimum Gasteiger partial charge on any atom is -0.497 e. The van der Waals surface area contributed by atoms with Gasteiger partial charge in [0.15, 0.2) is 0 Å². The summed E-state index contributed by atoms with van der Waals surface area (Å²) >= 11 is 0. The summed E-state index contributed by atoms with van der Waals surface area (Å²) in [7, 11) is 3.44. The summed E-state index contributed by atoms with van der Waals surface area (Å²) in [5, 5.41) is 3.52. The van der Waals surface area contributed by atoms with Crippen molar-refractivity contribution in [2.75, 3.05) is 40.4 Å². The zero-order valence-corrected chi connectivity index (χ0v) is 12.4. The van der Waals surface area contributed by atoms with Crippen molar-refractivity contribution in [1.29, 1.82) is 0 Å². The largest absolute Gasteiger partial charge is 0.497 e. The maximum atomic E-state index is 5.48. The van der Waals surface area contributed by atoms with Gasteiger partial charge in [-0.2, -0.15) is 0 Å². The van der Waals surface area contributed by atoms with Crippen LogP contribution >= 0.6 is 0 Å². The van der Waals surface area contributed by atoms with E-state index in [9.17, 15) is 0 Å². The lowest BCUT2D eigenvalue weighted by Gasteiger charge is -2.34. The number of fused-ring (bicyclic) bond motifs is 1. The Kier molecular flexibility index (Phi) is 4.13. The molecule has 2 heterocycles.